The predicted molar refractivity (Wildman–Crippen MR) is 90.2 cm³/mol. The van der Waals surface area contributed by atoms with Gasteiger partial charge in [-0.05, 0) is 34.5 Å². The van der Waals surface area contributed by atoms with E-state index >= 15 is 0 Å². The van der Waals surface area contributed by atoms with Crippen LogP contribution in [0.3, 0.4) is 0 Å². The summed E-state index contributed by atoms with van der Waals surface area (Å²) in [5.41, 5.74) is 2.21. The van der Waals surface area contributed by atoms with Crippen LogP contribution in [0.2, 0.25) is 0 Å². The topological polar surface area (TPSA) is 12.9 Å². The van der Waals surface area contributed by atoms with Crippen LogP contribution in [-0.4, -0.2) is 4.98 Å². The third kappa shape index (κ3) is 1.33. The monoisotopic (exact) mass is 267 g/mol. The number of pyridine rings is 1. The average Bonchev–Trinajstić information content (AvgIpc) is 2.53. The molecule has 1 nitrogen and oxygen atoms in total. The first-order chi connectivity index (χ1) is 10.3. The molecule has 0 bridgehead atoms. The Kier molecular flexibility index (Phi) is 1.95. The van der Waals surface area contributed by atoms with Crippen molar-refractivity contribution in [3.8, 4) is 0 Å². The second-order valence-corrected chi connectivity index (χ2v) is 5.71. The Morgan fingerprint density at radius 1 is 0.667 bits per heavy atom. The quantitative estimate of drug-likeness (QED) is 0.269. The Morgan fingerprint density at radius 2 is 1.48 bits per heavy atom. The predicted octanol–water partition coefficient (Wildman–Crippen LogP) is 5.44. The van der Waals surface area contributed by atoms with Gasteiger partial charge >= 0.3 is 0 Å². The Hall–Kier alpha value is -2.67. The maximum absolute atomic E-state index is 4.86. The van der Waals surface area contributed by atoms with E-state index in [1.807, 2.05) is 0 Å². The number of benzene rings is 4. The maximum Gasteiger partial charge on any atom is 0.0724 e. The fourth-order valence-electron chi connectivity index (χ4n) is 3.59. The van der Waals surface area contributed by atoms with Crippen LogP contribution in [-0.2, 0) is 0 Å². The van der Waals surface area contributed by atoms with E-state index in [-0.39, 0.29) is 0 Å². The Labute approximate surface area is 122 Å². The summed E-state index contributed by atoms with van der Waals surface area (Å²) in [4.78, 5) is 4.86. The van der Waals surface area contributed by atoms with Crippen LogP contribution in [0.4, 0.5) is 0 Å². The van der Waals surface area contributed by atoms with Crippen molar-refractivity contribution in [3.63, 3.8) is 0 Å². The van der Waals surface area contributed by atoms with E-state index in [1.54, 1.807) is 0 Å². The molecular weight excluding hydrogens is 254 g/mol. The normalized spacial score (nSPS) is 12.0. The first-order valence-electron chi connectivity index (χ1n) is 7.26. The highest BCUT2D eigenvalue weighted by molar-refractivity contribution is 6.28. The van der Waals surface area contributed by atoms with Gasteiger partial charge in [-0.3, -0.25) is 4.98 Å². The number of aromatic nitrogens is 1. The summed E-state index contributed by atoms with van der Waals surface area (Å²) < 4.78 is 0. The third-order valence-corrected chi connectivity index (χ3v) is 4.52. The minimum absolute atomic E-state index is 1.10. The molecule has 0 saturated heterocycles. The van der Waals surface area contributed by atoms with Crippen molar-refractivity contribution in [2.75, 3.05) is 0 Å². The van der Waals surface area contributed by atoms with Crippen molar-refractivity contribution in [3.05, 3.63) is 66.4 Å². The molecule has 0 aliphatic rings. The van der Waals surface area contributed by atoms with Crippen LogP contribution in [0.5, 0.6) is 0 Å². The Bertz CT molecular complexity index is 1140. The number of nitrogens with zero attached hydrogens (tertiary/aromatic N) is 1. The highest BCUT2D eigenvalue weighted by Crippen LogP contribution is 2.38. The smallest absolute Gasteiger partial charge is 0.0724 e. The molecule has 0 atom stereocenters. The first kappa shape index (κ1) is 11.0. The summed E-state index contributed by atoms with van der Waals surface area (Å²) in [5.74, 6) is 0. The molecule has 1 heteroatoms. The lowest BCUT2D eigenvalue weighted by molar-refractivity contribution is 1.29. The lowest BCUT2D eigenvalue weighted by Gasteiger charge is -2.13. The molecule has 0 radical (unpaired) electrons. The van der Waals surface area contributed by atoms with E-state index in [9.17, 15) is 0 Å². The van der Waals surface area contributed by atoms with Crippen LogP contribution in [0.15, 0.2) is 60.7 Å². The van der Waals surface area contributed by atoms with E-state index in [0.717, 1.165) is 11.2 Å². The average molecular weight is 267 g/mol. The van der Waals surface area contributed by atoms with Crippen molar-refractivity contribution < 1.29 is 0 Å². The van der Waals surface area contributed by atoms with Crippen LogP contribution >= 0.6 is 0 Å². The largest absolute Gasteiger partial charge is 0.252 e. The number of fused-ring (bicyclic) bond motifs is 2. The molecule has 1 heterocycles. The van der Waals surface area contributed by atoms with Crippen LogP contribution in [0.25, 0.3) is 43.2 Å². The van der Waals surface area contributed by atoms with Crippen molar-refractivity contribution in [2.24, 2.45) is 0 Å². The lowest BCUT2D eigenvalue weighted by atomic mass is 9.93. The second-order valence-electron chi connectivity index (χ2n) is 5.71. The maximum atomic E-state index is 4.86. The van der Waals surface area contributed by atoms with Gasteiger partial charge in [0.2, 0.25) is 0 Å². The summed E-state index contributed by atoms with van der Waals surface area (Å²) in [5, 5.41) is 9.08. The van der Waals surface area contributed by atoms with E-state index in [0.29, 0.717) is 0 Å². The highest BCUT2D eigenvalue weighted by atomic mass is 14.7. The minimum atomic E-state index is 1.10. The SMILES string of the molecule is Cc1nc2cc3ccccc3c3ccc4cccc1c4c23. The third-order valence-electron chi connectivity index (χ3n) is 4.52. The van der Waals surface area contributed by atoms with Gasteiger partial charge in [0, 0.05) is 21.9 Å². The zero-order valence-electron chi connectivity index (χ0n) is 11.7. The van der Waals surface area contributed by atoms with Gasteiger partial charge in [0.1, 0.15) is 0 Å². The van der Waals surface area contributed by atoms with Gasteiger partial charge in [-0.1, -0.05) is 54.6 Å². The lowest BCUT2D eigenvalue weighted by Crippen LogP contribution is -1.91. The molecule has 0 amide bonds. The number of aryl methyl sites for hydroxylation is 1. The van der Waals surface area contributed by atoms with Gasteiger partial charge in [-0.2, -0.15) is 0 Å². The molecule has 0 fully saturated rings. The standard InChI is InChI=1S/C20H13N/c1-12-15-8-4-6-13-9-10-17-16-7-3-2-5-14(16)11-18(21-12)20(17)19(13)15/h2-11H,1H3. The number of rotatable bonds is 0. The zero-order valence-corrected chi connectivity index (χ0v) is 11.7. The van der Waals surface area contributed by atoms with E-state index in [4.69, 9.17) is 4.98 Å². The Morgan fingerprint density at radius 3 is 2.43 bits per heavy atom. The van der Waals surface area contributed by atoms with E-state index < -0.39 is 0 Å². The molecule has 0 aliphatic heterocycles. The molecule has 0 unspecified atom stereocenters. The molecule has 98 valence electrons. The molecule has 5 aromatic rings. The molecule has 21 heavy (non-hydrogen) atoms. The Balaban J connectivity index is 2.24. The molecule has 4 aromatic carbocycles. The van der Waals surface area contributed by atoms with Gasteiger partial charge in [0.25, 0.3) is 0 Å². The summed E-state index contributed by atoms with van der Waals surface area (Å²) in [6.45, 7) is 2.10. The summed E-state index contributed by atoms with van der Waals surface area (Å²) in [6.07, 6.45) is 0. The summed E-state index contributed by atoms with van der Waals surface area (Å²) in [6, 6.07) is 21.7. The molecule has 0 saturated carbocycles. The molecular formula is C20H13N. The van der Waals surface area contributed by atoms with Crippen molar-refractivity contribution >= 4 is 43.2 Å². The van der Waals surface area contributed by atoms with Crippen LogP contribution in [0.1, 0.15) is 5.69 Å². The van der Waals surface area contributed by atoms with Gasteiger partial charge in [-0.15, -0.1) is 0 Å². The minimum Gasteiger partial charge on any atom is -0.252 e. The van der Waals surface area contributed by atoms with Gasteiger partial charge < -0.3 is 0 Å². The fourth-order valence-corrected chi connectivity index (χ4v) is 3.59. The van der Waals surface area contributed by atoms with Crippen molar-refractivity contribution in [1.29, 1.82) is 0 Å². The molecule has 0 N–H and O–H groups in total. The summed E-state index contributed by atoms with van der Waals surface area (Å²) in [7, 11) is 0. The molecule has 0 spiro atoms. The first-order valence-corrected chi connectivity index (χ1v) is 7.26. The highest BCUT2D eigenvalue weighted by Gasteiger charge is 2.13. The molecule has 1 aromatic heterocycles. The van der Waals surface area contributed by atoms with E-state index in [2.05, 4.69) is 67.6 Å². The van der Waals surface area contributed by atoms with Crippen LogP contribution < -0.4 is 0 Å². The number of hydrogen-bond donors (Lipinski definition) is 0. The van der Waals surface area contributed by atoms with Gasteiger partial charge in [0.15, 0.2) is 0 Å². The van der Waals surface area contributed by atoms with E-state index in [1.165, 1.54) is 37.7 Å². The van der Waals surface area contributed by atoms with Crippen LogP contribution in [0, 0.1) is 6.92 Å². The number of hydrogen-bond acceptors (Lipinski definition) is 1. The zero-order chi connectivity index (χ0) is 14.0. The van der Waals surface area contributed by atoms with Crippen molar-refractivity contribution in [1.82, 2.24) is 4.98 Å². The van der Waals surface area contributed by atoms with Gasteiger partial charge in [0.05, 0.1) is 5.52 Å². The summed E-state index contributed by atoms with van der Waals surface area (Å²) >= 11 is 0. The fraction of sp³-hybridized carbons (Fsp3) is 0.0500. The van der Waals surface area contributed by atoms with Crippen molar-refractivity contribution in [2.45, 2.75) is 6.92 Å². The second kappa shape index (κ2) is 3.70. The molecule has 0 aliphatic carbocycles. The van der Waals surface area contributed by atoms with Gasteiger partial charge in [-0.25, -0.2) is 0 Å². The molecule has 5 rings (SSSR count).